The first-order valence-electron chi connectivity index (χ1n) is 3.71. The van der Waals surface area contributed by atoms with Gasteiger partial charge in [-0.1, -0.05) is 6.92 Å². The van der Waals surface area contributed by atoms with Crippen LogP contribution in [0.5, 0.6) is 0 Å². The highest BCUT2D eigenvalue weighted by atomic mass is 19.1. The van der Waals surface area contributed by atoms with E-state index in [1.54, 1.807) is 0 Å². The molecule has 0 spiro atoms. The first-order valence-corrected chi connectivity index (χ1v) is 3.71. The van der Waals surface area contributed by atoms with Gasteiger partial charge in [-0.05, 0) is 25.0 Å². The second kappa shape index (κ2) is 3.15. The van der Waals surface area contributed by atoms with Gasteiger partial charge in [-0.2, -0.15) is 0 Å². The maximum absolute atomic E-state index is 12.1. The van der Waals surface area contributed by atoms with Gasteiger partial charge < -0.3 is 4.90 Å². The molecule has 0 amide bonds. The van der Waals surface area contributed by atoms with Crippen LogP contribution in [0.25, 0.3) is 0 Å². The third kappa shape index (κ3) is 1.57. The maximum atomic E-state index is 12.1. The number of rotatable bonds is 0. The second-order valence-corrected chi connectivity index (χ2v) is 3.10. The number of hydrogen-bond donors (Lipinski definition) is 0. The lowest BCUT2D eigenvalue weighted by atomic mass is 9.95. The summed E-state index contributed by atoms with van der Waals surface area (Å²) in [6, 6.07) is 0. The zero-order valence-corrected chi connectivity index (χ0v) is 6.60. The molecule has 0 aliphatic carbocycles. The Labute approximate surface area is 61.5 Å². The van der Waals surface area contributed by atoms with Gasteiger partial charge in [-0.25, -0.2) is 4.39 Å². The molecule has 10 heavy (non-hydrogen) atoms. The summed E-state index contributed by atoms with van der Waals surface area (Å²) in [6.07, 6.45) is 1.67. The van der Waals surface area contributed by atoms with E-state index in [0.717, 1.165) is 31.4 Å². The van der Waals surface area contributed by atoms with Crippen LogP contribution in [0, 0.1) is 5.92 Å². The van der Waals surface area contributed by atoms with E-state index in [1.165, 1.54) is 0 Å². The molecule has 1 fully saturated rings. The number of hydrogen-bond acceptors (Lipinski definition) is 1. The molecule has 0 N–H and O–H groups in total. The number of nitrogens with zero attached hydrogens (tertiary/aromatic N) is 1. The highest BCUT2D eigenvalue weighted by molar-refractivity contribution is 5.06. The molecule has 0 aromatic rings. The van der Waals surface area contributed by atoms with E-state index < -0.39 is 0 Å². The van der Waals surface area contributed by atoms with Crippen LogP contribution >= 0.6 is 0 Å². The minimum absolute atomic E-state index is 0.406. The van der Waals surface area contributed by atoms with E-state index in [1.807, 2.05) is 0 Å². The molecule has 0 radical (unpaired) electrons. The summed E-state index contributed by atoms with van der Waals surface area (Å²) in [5, 5.41) is 0. The Balaban J connectivity index is 2.52. The van der Waals surface area contributed by atoms with Crippen LogP contribution in [0.1, 0.15) is 13.3 Å². The van der Waals surface area contributed by atoms with Gasteiger partial charge in [-0.15, -0.1) is 0 Å². The fourth-order valence-corrected chi connectivity index (χ4v) is 1.40. The lowest BCUT2D eigenvalue weighted by molar-refractivity contribution is 0.265. The Kier molecular flexibility index (Phi) is 2.44. The van der Waals surface area contributed by atoms with Crippen molar-refractivity contribution in [2.24, 2.45) is 5.92 Å². The molecule has 1 saturated heterocycles. The molecular formula is C8H14FN. The Hall–Kier alpha value is -0.370. The molecule has 1 heterocycles. The van der Waals surface area contributed by atoms with E-state index in [0.29, 0.717) is 5.92 Å². The number of likely N-dealkylation sites (tertiary alicyclic amines) is 1. The van der Waals surface area contributed by atoms with Gasteiger partial charge in [0, 0.05) is 13.1 Å². The summed E-state index contributed by atoms with van der Waals surface area (Å²) in [6.45, 7) is 4.07. The Morgan fingerprint density at radius 3 is 2.90 bits per heavy atom. The lowest BCUT2D eigenvalue weighted by Gasteiger charge is -2.28. The molecule has 1 aliphatic heterocycles. The predicted octanol–water partition coefficient (Wildman–Crippen LogP) is 1.81. The van der Waals surface area contributed by atoms with Gasteiger partial charge in [-0.3, -0.25) is 0 Å². The molecule has 1 nitrogen and oxygen atoms in total. The van der Waals surface area contributed by atoms with Crippen molar-refractivity contribution in [2.45, 2.75) is 13.3 Å². The van der Waals surface area contributed by atoms with Crippen LogP contribution in [0.15, 0.2) is 11.9 Å². The van der Waals surface area contributed by atoms with Gasteiger partial charge in [0.25, 0.3) is 0 Å². The molecule has 0 bridgehead atoms. The van der Waals surface area contributed by atoms with Crippen LogP contribution in [-0.4, -0.2) is 25.0 Å². The smallest absolute Gasteiger partial charge is 0.0862 e. The molecule has 0 aromatic carbocycles. The maximum Gasteiger partial charge on any atom is 0.0862 e. The molecule has 0 saturated carbocycles. The predicted molar refractivity (Wildman–Crippen MR) is 40.5 cm³/mol. The summed E-state index contributed by atoms with van der Waals surface area (Å²) < 4.78 is 12.1. The van der Waals surface area contributed by atoms with Crippen molar-refractivity contribution in [2.75, 3.05) is 20.1 Å². The van der Waals surface area contributed by atoms with Crippen molar-refractivity contribution in [3.05, 3.63) is 11.9 Å². The molecule has 1 aliphatic rings. The second-order valence-electron chi connectivity index (χ2n) is 3.10. The monoisotopic (exact) mass is 143 g/mol. The van der Waals surface area contributed by atoms with Gasteiger partial charge in [0.05, 0.1) is 6.33 Å². The summed E-state index contributed by atoms with van der Waals surface area (Å²) in [5.74, 6) is 0.406. The number of piperidine rings is 1. The topological polar surface area (TPSA) is 3.24 Å². The molecule has 1 atom stereocenters. The SMILES string of the molecule is CC1CN(C)CC/C1=C\F. The quantitative estimate of drug-likeness (QED) is 0.500. The van der Waals surface area contributed by atoms with Crippen molar-refractivity contribution >= 4 is 0 Å². The van der Waals surface area contributed by atoms with Crippen LogP contribution in [0.4, 0.5) is 4.39 Å². The van der Waals surface area contributed by atoms with Crippen molar-refractivity contribution in [3.8, 4) is 0 Å². The zero-order valence-electron chi connectivity index (χ0n) is 6.60. The van der Waals surface area contributed by atoms with Gasteiger partial charge >= 0.3 is 0 Å². The van der Waals surface area contributed by atoms with Gasteiger partial charge in [0.1, 0.15) is 0 Å². The average molecular weight is 143 g/mol. The van der Waals surface area contributed by atoms with Crippen LogP contribution in [0.2, 0.25) is 0 Å². The van der Waals surface area contributed by atoms with E-state index >= 15 is 0 Å². The standard InChI is InChI=1S/C8H14FN/c1-7-6-10(2)4-3-8(7)5-9/h5,7H,3-4,6H2,1-2H3/b8-5+. The molecule has 1 unspecified atom stereocenters. The lowest BCUT2D eigenvalue weighted by Crippen LogP contribution is -2.32. The van der Waals surface area contributed by atoms with Crippen molar-refractivity contribution in [1.29, 1.82) is 0 Å². The highest BCUT2D eigenvalue weighted by Crippen LogP contribution is 2.20. The molecule has 58 valence electrons. The van der Waals surface area contributed by atoms with Gasteiger partial charge in [0.2, 0.25) is 0 Å². The third-order valence-corrected chi connectivity index (χ3v) is 2.14. The molecule has 1 rings (SSSR count). The molecule has 0 aromatic heterocycles. The van der Waals surface area contributed by atoms with E-state index in [9.17, 15) is 4.39 Å². The van der Waals surface area contributed by atoms with Crippen molar-refractivity contribution in [3.63, 3.8) is 0 Å². The minimum Gasteiger partial charge on any atom is -0.305 e. The molecule has 2 heteroatoms. The van der Waals surface area contributed by atoms with Gasteiger partial charge in [0.15, 0.2) is 0 Å². The van der Waals surface area contributed by atoms with Crippen LogP contribution in [0.3, 0.4) is 0 Å². The fraction of sp³-hybridized carbons (Fsp3) is 0.750. The summed E-state index contributed by atoms with van der Waals surface area (Å²) in [5.41, 5.74) is 0.970. The Bertz CT molecular complexity index is 142. The minimum atomic E-state index is 0.406. The largest absolute Gasteiger partial charge is 0.305 e. The summed E-state index contributed by atoms with van der Waals surface area (Å²) in [7, 11) is 2.07. The van der Waals surface area contributed by atoms with Crippen molar-refractivity contribution < 1.29 is 4.39 Å². The first kappa shape index (κ1) is 7.73. The fourth-order valence-electron chi connectivity index (χ4n) is 1.40. The van der Waals surface area contributed by atoms with E-state index in [4.69, 9.17) is 0 Å². The summed E-state index contributed by atoms with van der Waals surface area (Å²) >= 11 is 0. The molecular weight excluding hydrogens is 129 g/mol. The van der Waals surface area contributed by atoms with Crippen molar-refractivity contribution in [1.82, 2.24) is 4.90 Å². The van der Waals surface area contributed by atoms with E-state index in [2.05, 4.69) is 18.9 Å². The zero-order chi connectivity index (χ0) is 7.56. The summed E-state index contributed by atoms with van der Waals surface area (Å²) in [4.78, 5) is 2.23. The Morgan fingerprint density at radius 1 is 1.70 bits per heavy atom. The Morgan fingerprint density at radius 2 is 2.40 bits per heavy atom. The number of halogens is 1. The van der Waals surface area contributed by atoms with E-state index in [-0.39, 0.29) is 0 Å². The normalized spacial score (nSPS) is 33.1. The highest BCUT2D eigenvalue weighted by Gasteiger charge is 2.17. The average Bonchev–Trinajstić information content (AvgIpc) is 1.88. The third-order valence-electron chi connectivity index (χ3n) is 2.14. The van der Waals surface area contributed by atoms with Crippen LogP contribution in [-0.2, 0) is 0 Å². The van der Waals surface area contributed by atoms with Crippen LogP contribution < -0.4 is 0 Å². The first-order chi connectivity index (χ1) is 4.74.